The molecule has 0 bridgehead atoms. The SMILES string of the molecule is CCN1CCC(CNC(C)CS(=O)(=O)CC)CC1. The number of nitrogens with zero attached hydrogens (tertiary/aromatic N) is 1. The molecule has 1 N–H and O–H groups in total. The van der Waals surface area contributed by atoms with Gasteiger partial charge in [0.2, 0.25) is 0 Å². The summed E-state index contributed by atoms with van der Waals surface area (Å²) in [5.74, 6) is 1.21. The zero-order valence-corrected chi connectivity index (χ0v) is 12.8. The van der Waals surface area contributed by atoms with Gasteiger partial charge in [0.1, 0.15) is 0 Å². The number of nitrogens with one attached hydrogen (secondary N) is 1. The molecule has 1 aliphatic rings. The Labute approximate surface area is 112 Å². The minimum atomic E-state index is -2.86. The average Bonchev–Trinajstić information content (AvgIpc) is 2.36. The Balaban J connectivity index is 2.21. The lowest BCUT2D eigenvalue weighted by molar-refractivity contribution is 0.188. The maximum atomic E-state index is 11.5. The molecule has 0 aliphatic carbocycles. The molecular weight excluding hydrogens is 248 g/mol. The molecule has 0 aromatic rings. The molecule has 108 valence electrons. The zero-order valence-electron chi connectivity index (χ0n) is 12.0. The fourth-order valence-electron chi connectivity index (χ4n) is 2.43. The van der Waals surface area contributed by atoms with Gasteiger partial charge in [0.25, 0.3) is 0 Å². The van der Waals surface area contributed by atoms with Gasteiger partial charge in [-0.1, -0.05) is 13.8 Å². The average molecular weight is 276 g/mol. The first-order valence-corrected chi connectivity index (χ1v) is 8.95. The van der Waals surface area contributed by atoms with E-state index in [9.17, 15) is 8.42 Å². The highest BCUT2D eigenvalue weighted by Gasteiger charge is 2.19. The highest BCUT2D eigenvalue weighted by Crippen LogP contribution is 2.16. The number of piperidine rings is 1. The largest absolute Gasteiger partial charge is 0.313 e. The van der Waals surface area contributed by atoms with Gasteiger partial charge in [-0.3, -0.25) is 0 Å². The third kappa shape index (κ3) is 5.67. The molecule has 1 fully saturated rings. The van der Waals surface area contributed by atoms with Crippen LogP contribution in [0.1, 0.15) is 33.6 Å². The van der Waals surface area contributed by atoms with Crippen molar-refractivity contribution in [3.8, 4) is 0 Å². The standard InChI is InChI=1S/C13H28N2O2S/c1-4-15-8-6-13(7-9-15)10-14-12(3)11-18(16,17)5-2/h12-14H,4-11H2,1-3H3. The van der Waals surface area contributed by atoms with Crippen LogP contribution in [0.3, 0.4) is 0 Å². The van der Waals surface area contributed by atoms with Gasteiger partial charge in [0.15, 0.2) is 9.84 Å². The second-order valence-electron chi connectivity index (χ2n) is 5.39. The first-order valence-electron chi connectivity index (χ1n) is 7.13. The highest BCUT2D eigenvalue weighted by atomic mass is 32.2. The van der Waals surface area contributed by atoms with Crippen molar-refractivity contribution in [2.75, 3.05) is 37.7 Å². The Kier molecular flexibility index (Phi) is 6.60. The van der Waals surface area contributed by atoms with E-state index in [4.69, 9.17) is 0 Å². The van der Waals surface area contributed by atoms with Crippen LogP contribution in [0, 0.1) is 5.92 Å². The van der Waals surface area contributed by atoms with E-state index in [0.717, 1.165) is 13.1 Å². The van der Waals surface area contributed by atoms with Gasteiger partial charge >= 0.3 is 0 Å². The Morgan fingerprint density at radius 2 is 1.89 bits per heavy atom. The lowest BCUT2D eigenvalue weighted by Gasteiger charge is -2.31. The molecule has 18 heavy (non-hydrogen) atoms. The molecule has 0 saturated carbocycles. The molecule has 1 aliphatic heterocycles. The molecule has 0 amide bonds. The maximum absolute atomic E-state index is 11.5. The van der Waals surface area contributed by atoms with E-state index in [1.165, 1.54) is 25.9 Å². The number of hydrogen-bond acceptors (Lipinski definition) is 4. The van der Waals surface area contributed by atoms with Crippen molar-refractivity contribution >= 4 is 9.84 Å². The number of hydrogen-bond donors (Lipinski definition) is 1. The molecule has 1 unspecified atom stereocenters. The van der Waals surface area contributed by atoms with Crippen LogP contribution in [-0.4, -0.2) is 57.0 Å². The molecular formula is C13H28N2O2S. The number of rotatable bonds is 7. The fraction of sp³-hybridized carbons (Fsp3) is 1.00. The molecule has 0 radical (unpaired) electrons. The van der Waals surface area contributed by atoms with E-state index >= 15 is 0 Å². The topological polar surface area (TPSA) is 49.4 Å². The summed E-state index contributed by atoms with van der Waals surface area (Å²) in [6, 6.07) is 0.0687. The van der Waals surface area contributed by atoms with Crippen molar-refractivity contribution in [1.82, 2.24) is 10.2 Å². The van der Waals surface area contributed by atoms with Crippen LogP contribution in [0.4, 0.5) is 0 Å². The molecule has 0 aromatic heterocycles. The first kappa shape index (κ1) is 15.9. The van der Waals surface area contributed by atoms with Crippen LogP contribution in [0.2, 0.25) is 0 Å². The van der Waals surface area contributed by atoms with E-state index in [1.807, 2.05) is 6.92 Å². The molecule has 0 spiro atoms. The third-order valence-corrected chi connectivity index (χ3v) is 5.74. The number of sulfone groups is 1. The second-order valence-corrected chi connectivity index (χ2v) is 7.78. The molecule has 1 rings (SSSR count). The molecule has 1 saturated heterocycles. The molecule has 0 aromatic carbocycles. The summed E-state index contributed by atoms with van der Waals surface area (Å²) < 4.78 is 23.0. The van der Waals surface area contributed by atoms with Gasteiger partial charge in [0, 0.05) is 11.8 Å². The predicted molar refractivity (Wildman–Crippen MR) is 76.6 cm³/mol. The highest BCUT2D eigenvalue weighted by molar-refractivity contribution is 7.91. The lowest BCUT2D eigenvalue weighted by atomic mass is 9.96. The fourth-order valence-corrected chi connectivity index (χ4v) is 3.55. The predicted octanol–water partition coefficient (Wildman–Crippen LogP) is 1.13. The molecule has 1 heterocycles. The van der Waals surface area contributed by atoms with Crippen molar-refractivity contribution in [3.63, 3.8) is 0 Å². The third-order valence-electron chi connectivity index (χ3n) is 3.85. The summed E-state index contributed by atoms with van der Waals surface area (Å²) in [5, 5.41) is 3.38. The summed E-state index contributed by atoms with van der Waals surface area (Å²) in [6.07, 6.45) is 2.46. The van der Waals surface area contributed by atoms with E-state index < -0.39 is 9.84 Å². The summed E-state index contributed by atoms with van der Waals surface area (Å²) >= 11 is 0. The van der Waals surface area contributed by atoms with Crippen LogP contribution in [-0.2, 0) is 9.84 Å². The quantitative estimate of drug-likeness (QED) is 0.757. The van der Waals surface area contributed by atoms with E-state index in [0.29, 0.717) is 5.92 Å². The maximum Gasteiger partial charge on any atom is 0.151 e. The molecule has 5 heteroatoms. The van der Waals surface area contributed by atoms with Crippen molar-refractivity contribution in [3.05, 3.63) is 0 Å². The Morgan fingerprint density at radius 3 is 2.39 bits per heavy atom. The first-order chi connectivity index (χ1) is 8.46. The van der Waals surface area contributed by atoms with Gasteiger partial charge in [-0.2, -0.15) is 0 Å². The Hall–Kier alpha value is -0.130. The van der Waals surface area contributed by atoms with Crippen LogP contribution in [0.15, 0.2) is 0 Å². The van der Waals surface area contributed by atoms with Crippen LogP contribution < -0.4 is 5.32 Å². The minimum absolute atomic E-state index is 0.0687. The normalized spacial score (nSPS) is 21.1. The summed E-state index contributed by atoms with van der Waals surface area (Å²) in [6.45, 7) is 10.4. The van der Waals surface area contributed by atoms with E-state index in [1.54, 1.807) is 6.92 Å². The van der Waals surface area contributed by atoms with Gasteiger partial charge < -0.3 is 10.2 Å². The Bertz CT molecular complexity index is 322. The summed E-state index contributed by atoms with van der Waals surface area (Å²) in [4.78, 5) is 2.47. The summed E-state index contributed by atoms with van der Waals surface area (Å²) in [5.41, 5.74) is 0. The molecule has 4 nitrogen and oxygen atoms in total. The van der Waals surface area contributed by atoms with Crippen LogP contribution >= 0.6 is 0 Å². The zero-order chi connectivity index (χ0) is 13.6. The van der Waals surface area contributed by atoms with E-state index in [-0.39, 0.29) is 17.5 Å². The lowest BCUT2D eigenvalue weighted by Crippen LogP contribution is -2.41. The van der Waals surface area contributed by atoms with Crippen molar-refractivity contribution in [1.29, 1.82) is 0 Å². The van der Waals surface area contributed by atoms with Gasteiger partial charge in [-0.15, -0.1) is 0 Å². The van der Waals surface area contributed by atoms with Crippen molar-refractivity contribution < 1.29 is 8.42 Å². The Morgan fingerprint density at radius 1 is 1.28 bits per heavy atom. The van der Waals surface area contributed by atoms with Crippen molar-refractivity contribution in [2.45, 2.75) is 39.7 Å². The minimum Gasteiger partial charge on any atom is -0.313 e. The van der Waals surface area contributed by atoms with Gasteiger partial charge in [0.05, 0.1) is 5.75 Å². The van der Waals surface area contributed by atoms with Crippen LogP contribution in [0.5, 0.6) is 0 Å². The molecule has 1 atom stereocenters. The van der Waals surface area contributed by atoms with Crippen molar-refractivity contribution in [2.24, 2.45) is 5.92 Å². The number of likely N-dealkylation sites (tertiary alicyclic amines) is 1. The van der Waals surface area contributed by atoms with Crippen LogP contribution in [0.25, 0.3) is 0 Å². The summed E-state index contributed by atoms with van der Waals surface area (Å²) in [7, 11) is -2.86. The smallest absolute Gasteiger partial charge is 0.151 e. The van der Waals surface area contributed by atoms with E-state index in [2.05, 4.69) is 17.1 Å². The monoisotopic (exact) mass is 276 g/mol. The van der Waals surface area contributed by atoms with Gasteiger partial charge in [-0.25, -0.2) is 8.42 Å². The van der Waals surface area contributed by atoms with Gasteiger partial charge in [-0.05, 0) is 51.9 Å². The second kappa shape index (κ2) is 7.46.